The predicted molar refractivity (Wildman–Crippen MR) is 226 cm³/mol. The van der Waals surface area contributed by atoms with Gasteiger partial charge in [-0.1, -0.05) is 177 Å². The van der Waals surface area contributed by atoms with Crippen LogP contribution >= 0.6 is 0 Å². The van der Waals surface area contributed by atoms with Crippen LogP contribution in [0.1, 0.15) is 31.7 Å². The van der Waals surface area contributed by atoms with Gasteiger partial charge in [0.1, 0.15) is 0 Å². The lowest BCUT2D eigenvalue weighted by molar-refractivity contribution is 0.561. The highest BCUT2D eigenvalue weighted by molar-refractivity contribution is 6.10. The van der Waals surface area contributed by atoms with E-state index in [0.29, 0.717) is 0 Å². The van der Waals surface area contributed by atoms with Crippen LogP contribution in [-0.2, 0) is 0 Å². The Morgan fingerprint density at radius 1 is 0.692 bits per heavy atom. The zero-order valence-corrected chi connectivity index (χ0v) is 29.7. The van der Waals surface area contributed by atoms with Crippen LogP contribution in [-0.4, -0.2) is 0 Å². The van der Waals surface area contributed by atoms with E-state index in [1.165, 1.54) is 59.5 Å². The molecule has 1 atom stereocenters. The van der Waals surface area contributed by atoms with E-state index in [2.05, 4.69) is 206 Å². The average molecular weight is 670 g/mol. The third-order valence-corrected chi connectivity index (χ3v) is 10.4. The lowest BCUT2D eigenvalue weighted by Gasteiger charge is -2.31. The molecule has 0 fully saturated rings. The maximum atomic E-state index is 3.50. The van der Waals surface area contributed by atoms with Gasteiger partial charge in [0.2, 0.25) is 0 Å². The number of hydrogen-bond donors (Lipinski definition) is 1. The topological polar surface area (TPSA) is 12.0 Å². The molecular formula is C51H43N. The molecule has 2 aliphatic carbocycles. The molecule has 0 aliphatic heterocycles. The Labute approximate surface area is 307 Å². The Balaban J connectivity index is 1.15. The minimum absolute atomic E-state index is 0.0732. The highest BCUT2D eigenvalue weighted by Gasteiger charge is 2.27. The number of rotatable bonds is 7. The number of hydrogen-bond acceptors (Lipinski definition) is 1. The van der Waals surface area contributed by atoms with Crippen molar-refractivity contribution in [2.45, 2.75) is 26.2 Å². The van der Waals surface area contributed by atoms with Gasteiger partial charge in [-0.3, -0.25) is 0 Å². The van der Waals surface area contributed by atoms with Crippen LogP contribution in [0.25, 0.3) is 49.5 Å². The van der Waals surface area contributed by atoms with E-state index in [4.69, 9.17) is 0 Å². The van der Waals surface area contributed by atoms with Crippen LogP contribution in [0.2, 0.25) is 0 Å². The second-order valence-electron chi connectivity index (χ2n) is 13.9. The molecule has 0 amide bonds. The van der Waals surface area contributed by atoms with Crippen molar-refractivity contribution in [1.29, 1.82) is 0 Å². The number of benzene rings is 6. The predicted octanol–water partition coefficient (Wildman–Crippen LogP) is 12.1. The Kier molecular flexibility index (Phi) is 9.50. The van der Waals surface area contributed by atoms with Gasteiger partial charge in [-0.15, -0.1) is 0 Å². The van der Waals surface area contributed by atoms with Crippen molar-refractivity contribution in [3.63, 3.8) is 0 Å². The quantitative estimate of drug-likeness (QED) is 0.132. The molecule has 8 rings (SSSR count). The van der Waals surface area contributed by atoms with Gasteiger partial charge in [-0.2, -0.15) is 0 Å². The van der Waals surface area contributed by atoms with E-state index in [0.717, 1.165) is 30.5 Å². The summed E-state index contributed by atoms with van der Waals surface area (Å²) < 4.78 is 0. The fourth-order valence-electron chi connectivity index (χ4n) is 7.62. The summed E-state index contributed by atoms with van der Waals surface area (Å²) in [4.78, 5) is 0. The first-order valence-electron chi connectivity index (χ1n) is 18.4. The van der Waals surface area contributed by atoms with Crippen molar-refractivity contribution in [2.24, 2.45) is 5.41 Å². The monoisotopic (exact) mass is 669 g/mol. The zero-order valence-electron chi connectivity index (χ0n) is 29.7. The van der Waals surface area contributed by atoms with Crippen molar-refractivity contribution in [3.8, 4) is 0 Å². The molecule has 2 aliphatic rings. The standard InChI is InChI=1S/C51H43N/c1-51(49-26-6-4-2-3-5-17-40-18-9-12-23-46(40)49)33-31-38(32-34-51)27-28-41(22-15-35-52-45-30-29-39-16-7-8-19-42(39)37-45)50-47-24-13-10-20-43(47)36-44-21-11-14-25-48(44)50/h2-4,6-25,27-33,35-37,52H,5,26,34H2,1H3/b3-2-,6-4-,28-27-,35-15+,40-17-,41-22+,49-46+. The molecule has 0 saturated carbocycles. The van der Waals surface area contributed by atoms with Crippen molar-refractivity contribution in [3.05, 3.63) is 216 Å². The molecular weight excluding hydrogens is 627 g/mol. The molecule has 0 spiro atoms. The molecule has 0 heterocycles. The number of fused-ring (bicyclic) bond motifs is 4. The molecule has 0 saturated heterocycles. The normalized spacial score (nSPS) is 20.8. The lowest BCUT2D eigenvalue weighted by Crippen LogP contribution is -2.32. The van der Waals surface area contributed by atoms with Crippen LogP contribution in [0, 0.1) is 5.41 Å². The van der Waals surface area contributed by atoms with E-state index in [-0.39, 0.29) is 5.41 Å². The summed E-state index contributed by atoms with van der Waals surface area (Å²) in [5, 5.41) is 13.6. The van der Waals surface area contributed by atoms with Crippen LogP contribution in [0.4, 0.5) is 5.69 Å². The second kappa shape index (κ2) is 15.0. The summed E-state index contributed by atoms with van der Waals surface area (Å²) in [5.74, 6) is 0. The first kappa shape index (κ1) is 33.0. The molecule has 1 nitrogen and oxygen atoms in total. The third-order valence-electron chi connectivity index (χ3n) is 10.4. The third kappa shape index (κ3) is 7.04. The largest absolute Gasteiger partial charge is 0.362 e. The molecule has 1 N–H and O–H groups in total. The minimum atomic E-state index is -0.0732. The van der Waals surface area contributed by atoms with Gasteiger partial charge in [0.15, 0.2) is 0 Å². The molecule has 0 bridgehead atoms. The summed E-state index contributed by atoms with van der Waals surface area (Å²) in [7, 11) is 0. The minimum Gasteiger partial charge on any atom is -0.362 e. The Bertz CT molecular complexity index is 2580. The van der Waals surface area contributed by atoms with Crippen molar-refractivity contribution in [1.82, 2.24) is 0 Å². The molecule has 252 valence electrons. The van der Waals surface area contributed by atoms with Gasteiger partial charge in [0.25, 0.3) is 0 Å². The van der Waals surface area contributed by atoms with Gasteiger partial charge in [-0.05, 0) is 109 Å². The van der Waals surface area contributed by atoms with E-state index in [9.17, 15) is 0 Å². The average Bonchev–Trinajstić information content (AvgIpc) is 3.19. The fourth-order valence-corrected chi connectivity index (χ4v) is 7.62. The van der Waals surface area contributed by atoms with E-state index in [1.54, 1.807) is 0 Å². The number of anilines is 1. The van der Waals surface area contributed by atoms with E-state index >= 15 is 0 Å². The Hall–Kier alpha value is -6.18. The second-order valence-corrected chi connectivity index (χ2v) is 13.9. The van der Waals surface area contributed by atoms with Crippen molar-refractivity contribution >= 4 is 55.2 Å². The maximum absolute atomic E-state index is 3.50. The van der Waals surface area contributed by atoms with Crippen LogP contribution in [0.15, 0.2) is 200 Å². The van der Waals surface area contributed by atoms with Gasteiger partial charge >= 0.3 is 0 Å². The van der Waals surface area contributed by atoms with Crippen LogP contribution < -0.4 is 15.8 Å². The Morgan fingerprint density at radius 2 is 1.40 bits per heavy atom. The highest BCUT2D eigenvalue weighted by atomic mass is 14.8. The molecule has 6 aromatic carbocycles. The lowest BCUT2D eigenvalue weighted by atomic mass is 9.73. The smallest absolute Gasteiger partial charge is 0.0386 e. The van der Waals surface area contributed by atoms with E-state index < -0.39 is 0 Å². The Morgan fingerprint density at radius 3 is 2.19 bits per heavy atom. The number of allylic oxidation sites excluding steroid dienone is 13. The first-order chi connectivity index (χ1) is 25.6. The van der Waals surface area contributed by atoms with Gasteiger partial charge < -0.3 is 5.32 Å². The molecule has 0 aromatic heterocycles. The summed E-state index contributed by atoms with van der Waals surface area (Å²) in [5.41, 5.74) is 6.10. The summed E-state index contributed by atoms with van der Waals surface area (Å²) in [6, 6.07) is 43.6. The molecule has 1 heteroatoms. The molecule has 1 unspecified atom stereocenters. The highest BCUT2D eigenvalue weighted by Crippen LogP contribution is 2.40. The SMILES string of the molecule is CC1(/C2=c3\cccc\c3=C\C/C=C\C=C/C2)C=CC(\C=C/C(=C\C=C\Nc2ccc3ccccc3c2)c2c3ccccc3cc3ccccc23)=CC1. The van der Waals surface area contributed by atoms with Crippen LogP contribution in [0.3, 0.4) is 0 Å². The van der Waals surface area contributed by atoms with Crippen molar-refractivity contribution in [2.75, 3.05) is 5.32 Å². The van der Waals surface area contributed by atoms with Gasteiger partial charge in [0, 0.05) is 17.3 Å². The maximum Gasteiger partial charge on any atom is 0.0386 e. The van der Waals surface area contributed by atoms with Crippen molar-refractivity contribution < 1.29 is 0 Å². The molecule has 0 radical (unpaired) electrons. The zero-order chi connectivity index (χ0) is 35.2. The molecule has 52 heavy (non-hydrogen) atoms. The summed E-state index contributed by atoms with van der Waals surface area (Å²) in [6.07, 6.45) is 32.2. The first-order valence-corrected chi connectivity index (χ1v) is 18.4. The van der Waals surface area contributed by atoms with Crippen LogP contribution in [0.5, 0.6) is 0 Å². The summed E-state index contributed by atoms with van der Waals surface area (Å²) >= 11 is 0. The molecule has 6 aromatic rings. The van der Waals surface area contributed by atoms with Gasteiger partial charge in [0.05, 0.1) is 0 Å². The summed E-state index contributed by atoms with van der Waals surface area (Å²) in [6.45, 7) is 2.39. The fraction of sp³-hybridized carbons (Fsp3) is 0.0980. The van der Waals surface area contributed by atoms with Gasteiger partial charge in [-0.25, -0.2) is 0 Å². The number of nitrogens with one attached hydrogen (secondary N) is 1. The van der Waals surface area contributed by atoms with E-state index in [1.807, 2.05) is 6.20 Å².